The highest BCUT2D eigenvalue weighted by Crippen LogP contribution is 2.40. The predicted octanol–water partition coefficient (Wildman–Crippen LogP) is 10.2. The molecule has 0 bridgehead atoms. The van der Waals surface area contributed by atoms with Gasteiger partial charge >= 0.3 is 0 Å². The molecule has 4 heterocycles. The van der Waals surface area contributed by atoms with Crippen LogP contribution in [0, 0.1) is 0 Å². The van der Waals surface area contributed by atoms with Gasteiger partial charge in [-0.25, -0.2) is 9.97 Å². The molecule has 2 aliphatic rings. The van der Waals surface area contributed by atoms with Crippen LogP contribution in [0.1, 0.15) is 0 Å². The molecule has 1 spiro atoms. The minimum Gasteiger partial charge on any atom is -0.458 e. The van der Waals surface area contributed by atoms with Crippen molar-refractivity contribution in [2.75, 3.05) is 0 Å². The van der Waals surface area contributed by atoms with Crippen molar-refractivity contribution in [3.8, 4) is 62.6 Å². The van der Waals surface area contributed by atoms with Crippen molar-refractivity contribution in [2.24, 2.45) is 0 Å². The van der Waals surface area contributed by atoms with Gasteiger partial charge in [0.2, 0.25) is 0 Å². The van der Waals surface area contributed by atoms with Crippen molar-refractivity contribution in [3.63, 3.8) is 0 Å². The van der Waals surface area contributed by atoms with E-state index in [0.717, 1.165) is 67.8 Å². The molecule has 8 aromatic carbocycles. The Bertz CT molecular complexity index is 3130. The lowest BCUT2D eigenvalue weighted by Crippen LogP contribution is -2.77. The molecule has 0 fully saturated rings. The topological polar surface area (TPSA) is 49.2 Å². The van der Waals surface area contributed by atoms with Crippen LogP contribution in [0.2, 0.25) is 0 Å². The van der Waals surface area contributed by atoms with Crippen molar-refractivity contribution in [3.05, 3.63) is 200 Å². The van der Waals surface area contributed by atoms with Crippen LogP contribution in [-0.2, 0) is 0 Å². The fraction of sp³-hybridized carbons (Fsp3) is 0. The Morgan fingerprint density at radius 3 is 1.48 bits per heavy atom. The molecule has 0 N–H and O–H groups in total. The number of para-hydroxylation sites is 4. The largest absolute Gasteiger partial charge is 0.458 e. The molecule has 0 radical (unpaired) electrons. The summed E-state index contributed by atoms with van der Waals surface area (Å²) >= 11 is 0. The van der Waals surface area contributed by atoms with E-state index in [0.29, 0.717) is 5.82 Å². The van der Waals surface area contributed by atoms with Crippen molar-refractivity contribution in [2.45, 2.75) is 0 Å². The minimum absolute atomic E-state index is 0.679. The normalized spacial score (nSPS) is 14.9. The lowest BCUT2D eigenvalue weighted by molar-refractivity contribution is 0.481. The average molecular weight is 760 g/mol. The zero-order valence-electron chi connectivity index (χ0n) is 31.2. The first kappa shape index (κ1) is 32.7. The molecule has 272 valence electrons. The molecule has 0 aliphatic carbocycles. The molecule has 1 unspecified atom stereocenters. The monoisotopic (exact) mass is 759 g/mol. The summed E-state index contributed by atoms with van der Waals surface area (Å²) in [6.07, 6.45) is 0. The molecule has 10 aromatic rings. The summed E-state index contributed by atoms with van der Waals surface area (Å²) in [7, 11) is -3.01. The van der Waals surface area contributed by atoms with Crippen LogP contribution in [0.15, 0.2) is 200 Å². The lowest BCUT2D eigenvalue weighted by atomic mass is 10.1. The van der Waals surface area contributed by atoms with Crippen molar-refractivity contribution in [1.82, 2.24) is 14.5 Å². The third kappa shape index (κ3) is 4.82. The zero-order valence-corrected chi connectivity index (χ0v) is 32.2. The molecule has 2 aromatic heterocycles. The number of ether oxygens (including phenoxy) is 2. The van der Waals surface area contributed by atoms with Crippen LogP contribution >= 0.6 is 0 Å². The smallest absolute Gasteiger partial charge is 0.196 e. The summed E-state index contributed by atoms with van der Waals surface area (Å²) in [6, 6.07) is 70.5. The van der Waals surface area contributed by atoms with Gasteiger partial charge in [0.05, 0.1) is 22.4 Å². The molecule has 0 saturated carbocycles. The molecule has 0 saturated heterocycles. The Hall–Kier alpha value is -7.54. The van der Waals surface area contributed by atoms with E-state index in [1.165, 1.54) is 31.5 Å². The molecule has 5 nitrogen and oxygen atoms in total. The second-order valence-corrected chi connectivity index (χ2v) is 18.6. The first-order valence-electron chi connectivity index (χ1n) is 19.6. The minimum atomic E-state index is -3.01. The molecule has 0 amide bonds. The molecule has 2 aliphatic heterocycles. The standard InChI is InChI=1S/C52H33N3O2Si/c1-3-15-34(16-4-1)40-33-41(54-52(53-40)35-17-5-2-6-18-35)36-27-29-50-46(31-36)56-44-23-11-13-25-48(44)58(50)49-26-14-12-24-45(49)57-47-32-37(28-30-51(47)58)55-42-21-9-7-19-38(42)39-20-8-10-22-43(39)55/h1-33H. The molecular formula is C52H33N3O2Si. The van der Waals surface area contributed by atoms with Crippen LogP contribution in [0.4, 0.5) is 0 Å². The number of nitrogens with zero attached hydrogens (tertiary/aromatic N) is 3. The number of rotatable bonds is 4. The fourth-order valence-corrected chi connectivity index (χ4v) is 14.3. The van der Waals surface area contributed by atoms with E-state index >= 15 is 0 Å². The lowest BCUT2D eigenvalue weighted by Gasteiger charge is -2.43. The molecular weight excluding hydrogens is 727 g/mol. The third-order valence-corrected chi connectivity index (χ3v) is 16.6. The third-order valence-electron chi connectivity index (χ3n) is 11.7. The summed E-state index contributed by atoms with van der Waals surface area (Å²) in [4.78, 5) is 10.2. The summed E-state index contributed by atoms with van der Waals surface area (Å²) < 4.78 is 16.3. The van der Waals surface area contributed by atoms with Gasteiger partial charge in [-0.3, -0.25) is 0 Å². The summed E-state index contributed by atoms with van der Waals surface area (Å²) in [5.41, 5.74) is 8.04. The van der Waals surface area contributed by atoms with Gasteiger partial charge in [-0.15, -0.1) is 0 Å². The van der Waals surface area contributed by atoms with Crippen LogP contribution in [0.25, 0.3) is 61.4 Å². The number of aromatic nitrogens is 3. The first-order chi connectivity index (χ1) is 28.7. The zero-order chi connectivity index (χ0) is 38.2. The maximum atomic E-state index is 6.96. The SMILES string of the molecule is c1ccc(-c2cc(-c3ccc4c(c3)Oc3ccccc3[Si]43c4ccccc4Oc4cc(-n5c6ccccc6c6ccccc65)ccc43)nc(-c3ccccc3)n2)cc1. The van der Waals surface area contributed by atoms with Gasteiger partial charge in [-0.2, -0.15) is 0 Å². The highest BCUT2D eigenvalue weighted by atomic mass is 28.3. The van der Waals surface area contributed by atoms with E-state index in [1.807, 2.05) is 36.4 Å². The summed E-state index contributed by atoms with van der Waals surface area (Å²) in [5.74, 6) is 4.12. The van der Waals surface area contributed by atoms with E-state index in [-0.39, 0.29) is 0 Å². The Balaban J connectivity index is 1.08. The maximum absolute atomic E-state index is 6.96. The number of hydrogen-bond acceptors (Lipinski definition) is 4. The molecule has 1 atom stereocenters. The van der Waals surface area contributed by atoms with Gasteiger partial charge in [0.1, 0.15) is 23.0 Å². The van der Waals surface area contributed by atoms with Gasteiger partial charge in [-0.1, -0.05) is 152 Å². The van der Waals surface area contributed by atoms with Gasteiger partial charge < -0.3 is 14.0 Å². The predicted molar refractivity (Wildman–Crippen MR) is 236 cm³/mol. The van der Waals surface area contributed by atoms with Crippen LogP contribution in [0.3, 0.4) is 0 Å². The molecule has 12 rings (SSSR count). The van der Waals surface area contributed by atoms with Gasteiger partial charge in [0.15, 0.2) is 13.9 Å². The number of benzene rings is 8. The maximum Gasteiger partial charge on any atom is 0.196 e. The van der Waals surface area contributed by atoms with Gasteiger partial charge in [-0.05, 0) is 63.2 Å². The van der Waals surface area contributed by atoms with Gasteiger partial charge in [0.25, 0.3) is 0 Å². The van der Waals surface area contributed by atoms with E-state index in [1.54, 1.807) is 0 Å². The average Bonchev–Trinajstić information content (AvgIpc) is 3.63. The van der Waals surface area contributed by atoms with Crippen molar-refractivity contribution in [1.29, 1.82) is 0 Å². The van der Waals surface area contributed by atoms with Crippen molar-refractivity contribution < 1.29 is 9.47 Å². The van der Waals surface area contributed by atoms with Crippen LogP contribution in [-0.4, -0.2) is 22.6 Å². The van der Waals surface area contributed by atoms with E-state index in [4.69, 9.17) is 19.4 Å². The highest BCUT2D eigenvalue weighted by Gasteiger charge is 2.53. The van der Waals surface area contributed by atoms with Crippen LogP contribution < -0.4 is 30.2 Å². The number of hydrogen-bond donors (Lipinski definition) is 0. The second-order valence-electron chi connectivity index (χ2n) is 14.9. The van der Waals surface area contributed by atoms with Crippen LogP contribution in [0.5, 0.6) is 23.0 Å². The summed E-state index contributed by atoms with van der Waals surface area (Å²) in [6.45, 7) is 0. The first-order valence-corrected chi connectivity index (χ1v) is 21.6. The number of fused-ring (bicyclic) bond motifs is 11. The van der Waals surface area contributed by atoms with E-state index in [9.17, 15) is 0 Å². The molecule has 6 heteroatoms. The Morgan fingerprint density at radius 2 is 0.845 bits per heavy atom. The quantitative estimate of drug-likeness (QED) is 0.168. The Kier molecular flexibility index (Phi) is 7.18. The van der Waals surface area contributed by atoms with Crippen molar-refractivity contribution >= 4 is 50.6 Å². The Morgan fingerprint density at radius 1 is 0.362 bits per heavy atom. The Labute approximate surface area is 336 Å². The molecule has 58 heavy (non-hydrogen) atoms. The van der Waals surface area contributed by atoms with E-state index < -0.39 is 8.07 Å². The van der Waals surface area contributed by atoms with Gasteiger partial charge in [0, 0.05) is 39.2 Å². The second kappa shape index (κ2) is 12.7. The van der Waals surface area contributed by atoms with E-state index in [2.05, 4.69) is 168 Å². The highest BCUT2D eigenvalue weighted by molar-refractivity contribution is 7.21. The fourth-order valence-electron chi connectivity index (χ4n) is 9.23. The summed E-state index contributed by atoms with van der Waals surface area (Å²) in [5, 5.41) is 7.24.